The minimum absolute atomic E-state index is 0.314. The number of nitrogens with one attached hydrogen (secondary N) is 1. The number of hydrogen-bond donors (Lipinski definition) is 2. The number of benzene rings is 1. The smallest absolute Gasteiger partial charge is 0.211 e. The van der Waals surface area contributed by atoms with E-state index in [2.05, 4.69) is 4.98 Å². The summed E-state index contributed by atoms with van der Waals surface area (Å²) in [4.78, 5) is 14.5. The number of rotatable bonds is 3. The minimum Gasteiger partial charge on any atom is -0.380 e. The van der Waals surface area contributed by atoms with Gasteiger partial charge in [-0.1, -0.05) is 30.3 Å². The Morgan fingerprint density at radius 1 is 1.13 bits per heavy atom. The van der Waals surface area contributed by atoms with Gasteiger partial charge < -0.3 is 10.1 Å². The molecule has 1 atom stereocenters. The number of Topliss-reactive ketones (excluding diaryl/α,β-unsaturated/α-hetero) is 1. The number of hydrogen-bond acceptors (Lipinski definition) is 2. The highest BCUT2D eigenvalue weighted by molar-refractivity contribution is 5.98. The first-order chi connectivity index (χ1) is 7.29. The molecule has 0 unspecified atom stereocenters. The van der Waals surface area contributed by atoms with Gasteiger partial charge in [-0.15, -0.1) is 0 Å². The predicted molar refractivity (Wildman–Crippen MR) is 56.5 cm³/mol. The molecule has 0 radical (unpaired) electrons. The van der Waals surface area contributed by atoms with Crippen molar-refractivity contribution in [3.05, 3.63) is 59.9 Å². The van der Waals surface area contributed by atoms with Crippen LogP contribution in [0.5, 0.6) is 0 Å². The molecule has 1 heterocycles. The first kappa shape index (κ1) is 9.68. The lowest BCUT2D eigenvalue weighted by molar-refractivity contribution is 0.0742. The highest BCUT2D eigenvalue weighted by Gasteiger charge is 2.19. The summed E-state index contributed by atoms with van der Waals surface area (Å²) >= 11 is 0. The van der Waals surface area contributed by atoms with Crippen molar-refractivity contribution in [1.82, 2.24) is 4.98 Å². The van der Waals surface area contributed by atoms with E-state index in [1.54, 1.807) is 42.6 Å². The van der Waals surface area contributed by atoms with Crippen molar-refractivity contribution in [2.75, 3.05) is 0 Å². The maximum absolute atomic E-state index is 11.7. The van der Waals surface area contributed by atoms with Crippen LogP contribution in [-0.2, 0) is 0 Å². The van der Waals surface area contributed by atoms with Crippen molar-refractivity contribution in [3.63, 3.8) is 0 Å². The predicted octanol–water partition coefficient (Wildman–Crippen LogP) is 1.93. The molecule has 0 aliphatic carbocycles. The van der Waals surface area contributed by atoms with Crippen molar-refractivity contribution in [2.24, 2.45) is 0 Å². The molecular weight excluding hydrogens is 190 g/mol. The van der Waals surface area contributed by atoms with Crippen LogP contribution in [0.25, 0.3) is 0 Å². The van der Waals surface area contributed by atoms with Gasteiger partial charge in [0.1, 0.15) is 6.10 Å². The molecule has 0 aliphatic rings. The summed E-state index contributed by atoms with van der Waals surface area (Å²) in [5, 5.41) is 9.79. The van der Waals surface area contributed by atoms with Crippen LogP contribution in [0.1, 0.15) is 22.2 Å². The van der Waals surface area contributed by atoms with Crippen LogP contribution in [0.15, 0.2) is 48.7 Å². The lowest BCUT2D eigenvalue weighted by Crippen LogP contribution is -2.12. The molecule has 0 amide bonds. The average molecular weight is 201 g/mol. The zero-order valence-electron chi connectivity index (χ0n) is 8.05. The SMILES string of the molecule is O=C(c1ccc[nH]1)[C@@H](O)c1ccccc1. The molecule has 0 fully saturated rings. The van der Waals surface area contributed by atoms with Crippen LogP contribution in [0.4, 0.5) is 0 Å². The van der Waals surface area contributed by atoms with E-state index >= 15 is 0 Å². The third-order valence-corrected chi connectivity index (χ3v) is 2.23. The molecule has 0 spiro atoms. The van der Waals surface area contributed by atoms with Gasteiger partial charge in [0, 0.05) is 6.20 Å². The maximum Gasteiger partial charge on any atom is 0.211 e. The standard InChI is InChI=1S/C12H11NO2/c14-11(9-5-2-1-3-6-9)12(15)10-7-4-8-13-10/h1-8,11,13-14H/t11-/m0/s1. The van der Waals surface area contributed by atoms with Crippen molar-refractivity contribution < 1.29 is 9.90 Å². The van der Waals surface area contributed by atoms with Crippen LogP contribution in [0, 0.1) is 0 Å². The van der Waals surface area contributed by atoms with Crippen molar-refractivity contribution in [2.45, 2.75) is 6.10 Å². The van der Waals surface area contributed by atoms with Crippen LogP contribution in [0.2, 0.25) is 0 Å². The van der Waals surface area contributed by atoms with E-state index < -0.39 is 6.10 Å². The van der Waals surface area contributed by atoms with Gasteiger partial charge in [0.15, 0.2) is 0 Å². The highest BCUT2D eigenvalue weighted by atomic mass is 16.3. The molecule has 2 rings (SSSR count). The summed E-state index contributed by atoms with van der Waals surface area (Å²) in [6.45, 7) is 0. The van der Waals surface area contributed by atoms with E-state index in [4.69, 9.17) is 0 Å². The lowest BCUT2D eigenvalue weighted by atomic mass is 10.0. The van der Waals surface area contributed by atoms with E-state index in [-0.39, 0.29) is 5.78 Å². The second-order valence-corrected chi connectivity index (χ2v) is 3.26. The molecule has 0 aliphatic heterocycles. The van der Waals surface area contributed by atoms with Crippen molar-refractivity contribution >= 4 is 5.78 Å². The minimum atomic E-state index is -1.09. The zero-order chi connectivity index (χ0) is 10.7. The van der Waals surface area contributed by atoms with Gasteiger partial charge in [-0.3, -0.25) is 4.79 Å². The van der Waals surface area contributed by atoms with E-state index in [0.717, 1.165) is 0 Å². The number of aliphatic hydroxyl groups excluding tert-OH is 1. The van der Waals surface area contributed by atoms with E-state index in [9.17, 15) is 9.90 Å². The molecule has 3 heteroatoms. The lowest BCUT2D eigenvalue weighted by Gasteiger charge is -2.08. The third-order valence-electron chi connectivity index (χ3n) is 2.23. The normalized spacial score (nSPS) is 12.3. The van der Waals surface area contributed by atoms with E-state index in [1.165, 1.54) is 0 Å². The second kappa shape index (κ2) is 4.11. The largest absolute Gasteiger partial charge is 0.380 e. The van der Waals surface area contributed by atoms with Gasteiger partial charge in [-0.05, 0) is 17.7 Å². The molecule has 1 aromatic heterocycles. The topological polar surface area (TPSA) is 53.1 Å². The molecule has 1 aromatic carbocycles. The quantitative estimate of drug-likeness (QED) is 0.745. The molecule has 3 nitrogen and oxygen atoms in total. The Labute approximate surface area is 87.4 Å². The summed E-state index contributed by atoms with van der Waals surface area (Å²) in [6.07, 6.45) is 0.565. The highest BCUT2D eigenvalue weighted by Crippen LogP contribution is 2.16. The molecule has 76 valence electrons. The Bertz CT molecular complexity index is 434. The summed E-state index contributed by atoms with van der Waals surface area (Å²) in [7, 11) is 0. The Hall–Kier alpha value is -1.87. The molecule has 0 saturated carbocycles. The van der Waals surface area contributed by atoms with Crippen LogP contribution >= 0.6 is 0 Å². The number of aromatic nitrogens is 1. The molecule has 0 saturated heterocycles. The number of carbonyl (C=O) groups excluding carboxylic acids is 1. The number of aromatic amines is 1. The maximum atomic E-state index is 11.7. The number of H-pyrrole nitrogens is 1. The molecule has 2 aromatic rings. The number of ketones is 1. The van der Waals surface area contributed by atoms with Crippen molar-refractivity contribution in [3.8, 4) is 0 Å². The third kappa shape index (κ3) is 1.97. The molecule has 15 heavy (non-hydrogen) atoms. The first-order valence-electron chi connectivity index (χ1n) is 4.69. The van der Waals surface area contributed by atoms with Crippen LogP contribution in [0.3, 0.4) is 0 Å². The van der Waals surface area contributed by atoms with E-state index in [1.807, 2.05) is 6.07 Å². The fourth-order valence-corrected chi connectivity index (χ4v) is 1.42. The fraction of sp³-hybridized carbons (Fsp3) is 0.0833. The van der Waals surface area contributed by atoms with Gasteiger partial charge in [-0.25, -0.2) is 0 Å². The molecule has 2 N–H and O–H groups in total. The van der Waals surface area contributed by atoms with Crippen LogP contribution < -0.4 is 0 Å². The number of aliphatic hydroxyl groups is 1. The van der Waals surface area contributed by atoms with Crippen molar-refractivity contribution in [1.29, 1.82) is 0 Å². The van der Waals surface area contributed by atoms with Gasteiger partial charge >= 0.3 is 0 Å². The van der Waals surface area contributed by atoms with E-state index in [0.29, 0.717) is 11.3 Å². The summed E-state index contributed by atoms with van der Waals surface area (Å²) in [6, 6.07) is 12.3. The summed E-state index contributed by atoms with van der Waals surface area (Å²) < 4.78 is 0. The molecule has 0 bridgehead atoms. The average Bonchev–Trinajstić information content (AvgIpc) is 2.82. The Kier molecular flexibility index (Phi) is 2.65. The zero-order valence-corrected chi connectivity index (χ0v) is 8.05. The summed E-state index contributed by atoms with van der Waals surface area (Å²) in [5.74, 6) is -0.314. The fourth-order valence-electron chi connectivity index (χ4n) is 1.42. The molecular formula is C12H11NO2. The van der Waals surface area contributed by atoms with Gasteiger partial charge in [0.25, 0.3) is 0 Å². The summed E-state index contributed by atoms with van der Waals surface area (Å²) in [5.41, 5.74) is 1.03. The number of carbonyl (C=O) groups is 1. The van der Waals surface area contributed by atoms with Gasteiger partial charge in [-0.2, -0.15) is 0 Å². The van der Waals surface area contributed by atoms with Crippen LogP contribution in [-0.4, -0.2) is 15.9 Å². The van der Waals surface area contributed by atoms with Gasteiger partial charge in [0.05, 0.1) is 5.69 Å². The monoisotopic (exact) mass is 201 g/mol. The second-order valence-electron chi connectivity index (χ2n) is 3.26. The first-order valence-corrected chi connectivity index (χ1v) is 4.69. The Morgan fingerprint density at radius 2 is 1.87 bits per heavy atom. The Balaban J connectivity index is 2.23. The van der Waals surface area contributed by atoms with Gasteiger partial charge in [0.2, 0.25) is 5.78 Å². The Morgan fingerprint density at radius 3 is 2.47 bits per heavy atom.